The Labute approximate surface area is 116 Å². The van der Waals surface area contributed by atoms with E-state index in [1.165, 1.54) is 0 Å². The van der Waals surface area contributed by atoms with E-state index in [-0.39, 0.29) is 17.6 Å². The minimum absolute atomic E-state index is 0.0101. The van der Waals surface area contributed by atoms with Crippen LogP contribution in [-0.4, -0.2) is 39.9 Å². The normalized spacial score (nSPS) is 17.4. The number of nitrogens with zero attached hydrogens (tertiary/aromatic N) is 1. The average molecular weight is 274 g/mol. The first-order valence-corrected chi connectivity index (χ1v) is 6.90. The molecule has 1 aromatic heterocycles. The first kappa shape index (κ1) is 12.9. The number of aromatic amines is 2. The van der Waals surface area contributed by atoms with Gasteiger partial charge in [0, 0.05) is 5.69 Å². The minimum Gasteiger partial charge on any atom is -0.325 e. The molecule has 1 atom stereocenters. The van der Waals surface area contributed by atoms with E-state index < -0.39 is 0 Å². The van der Waals surface area contributed by atoms with Crippen molar-refractivity contribution in [3.63, 3.8) is 0 Å². The van der Waals surface area contributed by atoms with Crippen LogP contribution >= 0.6 is 0 Å². The third-order valence-corrected chi connectivity index (χ3v) is 3.85. The molecule has 0 aliphatic carbocycles. The third-order valence-electron chi connectivity index (χ3n) is 3.85. The fourth-order valence-corrected chi connectivity index (χ4v) is 2.65. The number of likely N-dealkylation sites (tertiary alicyclic amines) is 1. The van der Waals surface area contributed by atoms with Gasteiger partial charge in [-0.1, -0.05) is 0 Å². The van der Waals surface area contributed by atoms with Crippen LogP contribution in [-0.2, 0) is 4.79 Å². The Balaban J connectivity index is 1.74. The Morgan fingerprint density at radius 3 is 2.70 bits per heavy atom. The summed E-state index contributed by atoms with van der Waals surface area (Å²) in [6.07, 6.45) is 2.32. The highest BCUT2D eigenvalue weighted by Gasteiger charge is 2.23. The molecule has 1 saturated heterocycles. The van der Waals surface area contributed by atoms with Crippen LogP contribution in [0.25, 0.3) is 11.0 Å². The lowest BCUT2D eigenvalue weighted by atomic mass is 10.2. The zero-order valence-corrected chi connectivity index (χ0v) is 11.4. The number of fused-ring (bicyclic) bond motifs is 1. The number of nitrogens with one attached hydrogen (secondary N) is 3. The van der Waals surface area contributed by atoms with Crippen molar-refractivity contribution in [2.75, 3.05) is 18.4 Å². The van der Waals surface area contributed by atoms with Crippen molar-refractivity contribution in [3.05, 3.63) is 28.7 Å². The van der Waals surface area contributed by atoms with Crippen LogP contribution in [0.5, 0.6) is 0 Å². The molecular weight excluding hydrogens is 256 g/mol. The van der Waals surface area contributed by atoms with Gasteiger partial charge in [0.2, 0.25) is 5.91 Å². The molecule has 1 aliphatic heterocycles. The lowest BCUT2D eigenvalue weighted by Crippen LogP contribution is -2.40. The summed E-state index contributed by atoms with van der Waals surface area (Å²) in [7, 11) is 0. The molecule has 1 aromatic carbocycles. The van der Waals surface area contributed by atoms with Crippen molar-refractivity contribution >= 4 is 22.6 Å². The topological polar surface area (TPSA) is 81.0 Å². The predicted molar refractivity (Wildman–Crippen MR) is 77.8 cm³/mol. The van der Waals surface area contributed by atoms with E-state index in [1.807, 2.05) is 6.92 Å². The summed E-state index contributed by atoms with van der Waals surface area (Å²) in [6.45, 7) is 3.90. The summed E-state index contributed by atoms with van der Waals surface area (Å²) in [4.78, 5) is 31.0. The molecule has 0 unspecified atom stereocenters. The summed E-state index contributed by atoms with van der Waals surface area (Å²) in [5.41, 5.74) is 1.89. The van der Waals surface area contributed by atoms with E-state index in [4.69, 9.17) is 0 Å². The van der Waals surface area contributed by atoms with Crippen LogP contribution in [0.1, 0.15) is 19.8 Å². The summed E-state index contributed by atoms with van der Waals surface area (Å²) >= 11 is 0. The third kappa shape index (κ3) is 2.46. The molecule has 106 valence electrons. The standard InChI is InChI=1S/C14H18N4O2/c1-9(18-6-2-3-7-18)13(19)15-10-4-5-11-12(8-10)17-14(20)16-11/h4-5,8-9H,2-3,6-7H2,1H3,(H,15,19)(H2,16,17,20)/t9-/m0/s1. The van der Waals surface area contributed by atoms with Crippen molar-refractivity contribution in [2.45, 2.75) is 25.8 Å². The first-order valence-electron chi connectivity index (χ1n) is 6.90. The smallest absolute Gasteiger partial charge is 0.323 e. The highest BCUT2D eigenvalue weighted by Crippen LogP contribution is 2.17. The molecular formula is C14H18N4O2. The minimum atomic E-state index is -0.242. The average Bonchev–Trinajstić information content (AvgIpc) is 3.05. The molecule has 1 fully saturated rings. The molecule has 3 N–H and O–H groups in total. The molecule has 0 saturated carbocycles. The van der Waals surface area contributed by atoms with E-state index in [0.717, 1.165) is 31.4 Å². The van der Waals surface area contributed by atoms with Gasteiger partial charge in [-0.05, 0) is 51.1 Å². The van der Waals surface area contributed by atoms with Crippen LogP contribution in [0.3, 0.4) is 0 Å². The number of H-pyrrole nitrogens is 2. The van der Waals surface area contributed by atoms with Gasteiger partial charge >= 0.3 is 5.69 Å². The maximum Gasteiger partial charge on any atom is 0.323 e. The lowest BCUT2D eigenvalue weighted by molar-refractivity contribution is -0.120. The van der Waals surface area contributed by atoms with Gasteiger partial charge in [-0.2, -0.15) is 0 Å². The van der Waals surface area contributed by atoms with Crippen LogP contribution < -0.4 is 11.0 Å². The van der Waals surface area contributed by atoms with Gasteiger partial charge < -0.3 is 15.3 Å². The molecule has 2 heterocycles. The van der Waals surface area contributed by atoms with Crippen LogP contribution in [0.4, 0.5) is 5.69 Å². The Kier molecular flexibility index (Phi) is 3.31. The second-order valence-corrected chi connectivity index (χ2v) is 5.25. The fraction of sp³-hybridized carbons (Fsp3) is 0.429. The Morgan fingerprint density at radius 2 is 1.95 bits per heavy atom. The number of carbonyl (C=O) groups is 1. The highest BCUT2D eigenvalue weighted by atomic mass is 16.2. The molecule has 6 heteroatoms. The fourth-order valence-electron chi connectivity index (χ4n) is 2.65. The van der Waals surface area contributed by atoms with Gasteiger partial charge in [-0.3, -0.25) is 9.69 Å². The molecule has 0 bridgehead atoms. The van der Waals surface area contributed by atoms with Crippen LogP contribution in [0.2, 0.25) is 0 Å². The maximum absolute atomic E-state index is 12.2. The summed E-state index contributed by atoms with van der Waals surface area (Å²) in [5.74, 6) is -0.0101. The van der Waals surface area contributed by atoms with E-state index in [2.05, 4.69) is 20.2 Å². The number of imidazole rings is 1. The number of benzene rings is 1. The number of rotatable bonds is 3. The first-order chi connectivity index (χ1) is 9.63. The second-order valence-electron chi connectivity index (χ2n) is 5.25. The molecule has 0 spiro atoms. The molecule has 20 heavy (non-hydrogen) atoms. The van der Waals surface area contributed by atoms with Crippen molar-refractivity contribution in [1.82, 2.24) is 14.9 Å². The summed E-state index contributed by atoms with van der Waals surface area (Å²) < 4.78 is 0. The van der Waals surface area contributed by atoms with Gasteiger partial charge in [0.1, 0.15) is 0 Å². The van der Waals surface area contributed by atoms with Gasteiger partial charge in [0.25, 0.3) is 0 Å². The lowest BCUT2D eigenvalue weighted by Gasteiger charge is -2.22. The van der Waals surface area contributed by atoms with Crippen molar-refractivity contribution in [1.29, 1.82) is 0 Å². The van der Waals surface area contributed by atoms with E-state index in [0.29, 0.717) is 11.2 Å². The van der Waals surface area contributed by atoms with Gasteiger partial charge in [0.15, 0.2) is 0 Å². The largest absolute Gasteiger partial charge is 0.325 e. The molecule has 0 radical (unpaired) electrons. The van der Waals surface area contributed by atoms with Crippen molar-refractivity contribution in [3.8, 4) is 0 Å². The predicted octanol–water partition coefficient (Wildman–Crippen LogP) is 1.28. The number of hydrogen-bond donors (Lipinski definition) is 3. The maximum atomic E-state index is 12.2. The molecule has 2 aromatic rings. The van der Waals surface area contributed by atoms with Crippen LogP contribution in [0, 0.1) is 0 Å². The number of carbonyl (C=O) groups excluding carboxylic acids is 1. The van der Waals surface area contributed by atoms with E-state index in [9.17, 15) is 9.59 Å². The molecule has 1 aliphatic rings. The molecule has 6 nitrogen and oxygen atoms in total. The Hall–Kier alpha value is -2.08. The Bertz CT molecular complexity index is 682. The quantitative estimate of drug-likeness (QED) is 0.788. The van der Waals surface area contributed by atoms with Gasteiger partial charge in [-0.25, -0.2) is 4.79 Å². The zero-order chi connectivity index (χ0) is 14.1. The van der Waals surface area contributed by atoms with Gasteiger partial charge in [0.05, 0.1) is 17.1 Å². The number of hydrogen-bond acceptors (Lipinski definition) is 3. The molecule has 3 rings (SSSR count). The highest BCUT2D eigenvalue weighted by molar-refractivity contribution is 5.96. The van der Waals surface area contributed by atoms with Crippen molar-refractivity contribution < 1.29 is 4.79 Å². The number of aromatic nitrogens is 2. The second kappa shape index (κ2) is 5.13. The van der Waals surface area contributed by atoms with Gasteiger partial charge in [-0.15, -0.1) is 0 Å². The SMILES string of the molecule is C[C@@H](C(=O)Nc1ccc2[nH]c(=O)[nH]c2c1)N1CCCC1. The number of anilines is 1. The summed E-state index contributed by atoms with van der Waals surface area (Å²) in [5, 5.41) is 2.90. The monoisotopic (exact) mass is 274 g/mol. The zero-order valence-electron chi connectivity index (χ0n) is 11.4. The Morgan fingerprint density at radius 1 is 1.25 bits per heavy atom. The van der Waals surface area contributed by atoms with Crippen LogP contribution in [0.15, 0.2) is 23.0 Å². The van der Waals surface area contributed by atoms with E-state index in [1.54, 1.807) is 18.2 Å². The summed E-state index contributed by atoms with van der Waals surface area (Å²) in [6, 6.07) is 5.21. The number of amides is 1. The molecule has 1 amide bonds. The van der Waals surface area contributed by atoms with E-state index >= 15 is 0 Å². The van der Waals surface area contributed by atoms with Crippen molar-refractivity contribution in [2.24, 2.45) is 0 Å².